The van der Waals surface area contributed by atoms with Crippen molar-refractivity contribution in [2.45, 2.75) is 58.2 Å². The van der Waals surface area contributed by atoms with Crippen LogP contribution >= 0.6 is 0 Å². The number of nitrogens with zero attached hydrogens (tertiary/aromatic N) is 2. The molecule has 114 valence electrons. The van der Waals surface area contributed by atoms with E-state index in [9.17, 15) is 0 Å². The van der Waals surface area contributed by atoms with Crippen LogP contribution in [-0.2, 0) is 9.31 Å². The van der Waals surface area contributed by atoms with Crippen LogP contribution in [0.5, 0.6) is 0 Å². The summed E-state index contributed by atoms with van der Waals surface area (Å²) in [6.07, 6.45) is 5.85. The Labute approximate surface area is 128 Å². The first-order chi connectivity index (χ1) is 9.89. The van der Waals surface area contributed by atoms with Gasteiger partial charge in [-0.05, 0) is 59.1 Å². The Morgan fingerprint density at radius 3 is 2.14 bits per heavy atom. The average molecular weight is 288 g/mol. The highest BCUT2D eigenvalue weighted by Gasteiger charge is 2.52. The molecule has 2 saturated heterocycles. The van der Waals surface area contributed by atoms with E-state index < -0.39 is 0 Å². The van der Waals surface area contributed by atoms with E-state index in [1.807, 2.05) is 12.3 Å². The number of anilines is 1. The highest BCUT2D eigenvalue weighted by Crippen LogP contribution is 2.36. The second-order valence-corrected chi connectivity index (χ2v) is 7.08. The Balaban J connectivity index is 1.73. The molecule has 21 heavy (non-hydrogen) atoms. The van der Waals surface area contributed by atoms with Gasteiger partial charge in [0.05, 0.1) is 22.5 Å². The van der Waals surface area contributed by atoms with Gasteiger partial charge >= 0.3 is 7.12 Å². The van der Waals surface area contributed by atoms with Crippen LogP contribution in [0.3, 0.4) is 0 Å². The second-order valence-electron chi connectivity index (χ2n) is 7.08. The van der Waals surface area contributed by atoms with E-state index in [1.54, 1.807) is 0 Å². The molecule has 4 nitrogen and oxygen atoms in total. The predicted octanol–water partition coefficient (Wildman–Crippen LogP) is 2.37. The van der Waals surface area contributed by atoms with Gasteiger partial charge in [0.2, 0.25) is 0 Å². The second kappa shape index (κ2) is 5.29. The molecule has 0 spiro atoms. The number of rotatable bonds is 2. The lowest BCUT2D eigenvalue weighted by atomic mass is 9.84. The standard InChI is InChI=1S/C16H25BN2O2/c1-15(2)16(3,4)21-17(20-15)14-9-8-13(12-18-14)19-10-6-5-7-11-19/h8-9,12H,5-7,10-11H2,1-4H3. The Morgan fingerprint density at radius 1 is 1.00 bits per heavy atom. The molecule has 0 bridgehead atoms. The number of hydrogen-bond donors (Lipinski definition) is 0. The van der Waals surface area contributed by atoms with Crippen LogP contribution in [-0.4, -0.2) is 36.4 Å². The molecule has 0 atom stereocenters. The molecule has 2 aliphatic heterocycles. The van der Waals surface area contributed by atoms with Crippen molar-refractivity contribution >= 4 is 18.4 Å². The van der Waals surface area contributed by atoms with E-state index in [1.165, 1.54) is 24.9 Å². The zero-order valence-electron chi connectivity index (χ0n) is 13.6. The summed E-state index contributed by atoms with van der Waals surface area (Å²) < 4.78 is 12.1. The first-order valence-corrected chi connectivity index (χ1v) is 7.96. The average Bonchev–Trinajstić information content (AvgIpc) is 2.69. The van der Waals surface area contributed by atoms with Gasteiger partial charge in [-0.3, -0.25) is 4.98 Å². The molecule has 0 N–H and O–H groups in total. The van der Waals surface area contributed by atoms with Gasteiger partial charge in [-0.15, -0.1) is 0 Å². The topological polar surface area (TPSA) is 34.6 Å². The van der Waals surface area contributed by atoms with Gasteiger partial charge in [0.15, 0.2) is 0 Å². The van der Waals surface area contributed by atoms with Crippen molar-refractivity contribution in [3.8, 4) is 0 Å². The Kier molecular flexibility index (Phi) is 3.74. The minimum Gasteiger partial charge on any atom is -0.398 e. The highest BCUT2D eigenvalue weighted by molar-refractivity contribution is 6.61. The van der Waals surface area contributed by atoms with Crippen molar-refractivity contribution in [1.29, 1.82) is 0 Å². The molecule has 3 heterocycles. The summed E-state index contributed by atoms with van der Waals surface area (Å²) >= 11 is 0. The summed E-state index contributed by atoms with van der Waals surface area (Å²) in [4.78, 5) is 6.98. The van der Waals surface area contributed by atoms with Crippen LogP contribution in [0.4, 0.5) is 5.69 Å². The largest absolute Gasteiger partial charge is 0.514 e. The van der Waals surface area contributed by atoms with Crippen LogP contribution in [0, 0.1) is 0 Å². The molecule has 1 aromatic heterocycles. The molecule has 2 aliphatic rings. The Morgan fingerprint density at radius 2 is 1.62 bits per heavy atom. The summed E-state index contributed by atoms with van der Waals surface area (Å²) in [6.45, 7) is 10.5. The third kappa shape index (κ3) is 2.81. The van der Waals surface area contributed by atoms with Crippen LogP contribution < -0.4 is 10.5 Å². The fourth-order valence-corrected chi connectivity index (χ4v) is 2.84. The molecular weight excluding hydrogens is 263 g/mol. The molecule has 5 heteroatoms. The molecule has 0 radical (unpaired) electrons. The lowest BCUT2D eigenvalue weighted by molar-refractivity contribution is 0.00578. The molecule has 3 rings (SSSR count). The zero-order chi connectivity index (χ0) is 15.1. The quantitative estimate of drug-likeness (QED) is 0.783. The minimum atomic E-state index is -0.370. The van der Waals surface area contributed by atoms with Gasteiger partial charge in [-0.1, -0.05) is 0 Å². The Hall–Kier alpha value is -1.07. The number of pyridine rings is 1. The van der Waals surface area contributed by atoms with Crippen molar-refractivity contribution < 1.29 is 9.31 Å². The number of aromatic nitrogens is 1. The maximum Gasteiger partial charge on any atom is 0.514 e. The lowest BCUT2D eigenvalue weighted by Gasteiger charge is -2.32. The van der Waals surface area contributed by atoms with Gasteiger partial charge in [0, 0.05) is 19.3 Å². The van der Waals surface area contributed by atoms with Crippen molar-refractivity contribution in [2.75, 3.05) is 18.0 Å². The van der Waals surface area contributed by atoms with E-state index in [0.717, 1.165) is 18.7 Å². The SMILES string of the molecule is CC1(C)OB(c2ccc(N3CCCCC3)cn2)OC1(C)C. The molecule has 1 aromatic rings. The first kappa shape index (κ1) is 14.9. The zero-order valence-corrected chi connectivity index (χ0v) is 13.6. The predicted molar refractivity (Wildman–Crippen MR) is 86.0 cm³/mol. The molecule has 0 amide bonds. The van der Waals surface area contributed by atoms with Crippen molar-refractivity contribution in [1.82, 2.24) is 4.98 Å². The normalized spacial score (nSPS) is 24.4. The monoisotopic (exact) mass is 288 g/mol. The molecule has 2 fully saturated rings. The van der Waals surface area contributed by atoms with Gasteiger partial charge in [-0.2, -0.15) is 0 Å². The van der Waals surface area contributed by atoms with E-state index in [0.29, 0.717) is 0 Å². The van der Waals surface area contributed by atoms with Crippen LogP contribution in [0.1, 0.15) is 47.0 Å². The van der Waals surface area contributed by atoms with Crippen LogP contribution in [0.25, 0.3) is 0 Å². The summed E-state index contributed by atoms with van der Waals surface area (Å²) in [6, 6.07) is 4.17. The van der Waals surface area contributed by atoms with Crippen molar-refractivity contribution in [3.05, 3.63) is 18.3 Å². The van der Waals surface area contributed by atoms with Crippen LogP contribution in [0.15, 0.2) is 18.3 Å². The minimum absolute atomic E-state index is 0.315. The summed E-state index contributed by atoms with van der Waals surface area (Å²) in [5.41, 5.74) is 1.43. The van der Waals surface area contributed by atoms with E-state index in [4.69, 9.17) is 9.31 Å². The molecule has 0 saturated carbocycles. The van der Waals surface area contributed by atoms with E-state index >= 15 is 0 Å². The number of hydrogen-bond acceptors (Lipinski definition) is 4. The fraction of sp³-hybridized carbons (Fsp3) is 0.688. The maximum absolute atomic E-state index is 6.04. The Bertz CT molecular complexity index is 480. The molecule has 0 aliphatic carbocycles. The van der Waals surface area contributed by atoms with Crippen molar-refractivity contribution in [2.24, 2.45) is 0 Å². The third-order valence-electron chi connectivity index (χ3n) is 4.99. The molecular formula is C16H25BN2O2. The molecule has 0 unspecified atom stereocenters. The van der Waals surface area contributed by atoms with E-state index in [2.05, 4.69) is 43.6 Å². The van der Waals surface area contributed by atoms with Crippen LogP contribution in [0.2, 0.25) is 0 Å². The lowest BCUT2D eigenvalue weighted by Crippen LogP contribution is -2.41. The first-order valence-electron chi connectivity index (χ1n) is 7.96. The molecule has 0 aromatic carbocycles. The van der Waals surface area contributed by atoms with E-state index in [-0.39, 0.29) is 18.3 Å². The fourth-order valence-electron chi connectivity index (χ4n) is 2.84. The maximum atomic E-state index is 6.04. The van der Waals surface area contributed by atoms with Gasteiger partial charge in [0.25, 0.3) is 0 Å². The smallest absolute Gasteiger partial charge is 0.398 e. The summed E-state index contributed by atoms with van der Waals surface area (Å²) in [5, 5.41) is 0. The van der Waals surface area contributed by atoms with Crippen molar-refractivity contribution in [3.63, 3.8) is 0 Å². The summed E-state index contributed by atoms with van der Waals surface area (Å²) in [5.74, 6) is 0. The van der Waals surface area contributed by atoms with Gasteiger partial charge in [0.1, 0.15) is 0 Å². The summed E-state index contributed by atoms with van der Waals surface area (Å²) in [7, 11) is -0.370. The van der Waals surface area contributed by atoms with Gasteiger partial charge in [-0.25, -0.2) is 0 Å². The highest BCUT2D eigenvalue weighted by atomic mass is 16.7. The number of piperidine rings is 1. The van der Waals surface area contributed by atoms with Gasteiger partial charge < -0.3 is 14.2 Å². The third-order valence-corrected chi connectivity index (χ3v) is 4.99.